The van der Waals surface area contributed by atoms with Crippen LogP contribution in [0.2, 0.25) is 0 Å². The maximum Gasteiger partial charge on any atom is 0.220 e. The highest BCUT2D eigenvalue weighted by atomic mass is 16.6. The van der Waals surface area contributed by atoms with E-state index in [1.807, 2.05) is 30.5 Å². The first-order chi connectivity index (χ1) is 14.0. The SMILES string of the molecule is CC(C)CNC(=O)CC1C(c2ccc(O)cc2)=NOC1C1C=NC2C=CC=CC21. The van der Waals surface area contributed by atoms with Gasteiger partial charge in [-0.1, -0.05) is 43.3 Å². The van der Waals surface area contributed by atoms with Gasteiger partial charge in [0.15, 0.2) is 0 Å². The molecule has 0 radical (unpaired) electrons. The Morgan fingerprint density at radius 2 is 1.93 bits per heavy atom. The van der Waals surface area contributed by atoms with Gasteiger partial charge in [0.2, 0.25) is 5.91 Å². The lowest BCUT2D eigenvalue weighted by atomic mass is 9.76. The van der Waals surface area contributed by atoms with Crippen molar-refractivity contribution in [2.45, 2.75) is 32.4 Å². The van der Waals surface area contributed by atoms with Crippen LogP contribution in [-0.2, 0) is 9.63 Å². The van der Waals surface area contributed by atoms with Gasteiger partial charge in [0.1, 0.15) is 11.9 Å². The van der Waals surface area contributed by atoms with Gasteiger partial charge >= 0.3 is 0 Å². The largest absolute Gasteiger partial charge is 0.508 e. The highest BCUT2D eigenvalue weighted by molar-refractivity contribution is 6.05. The van der Waals surface area contributed by atoms with Crippen molar-refractivity contribution in [3.8, 4) is 5.75 Å². The van der Waals surface area contributed by atoms with E-state index in [0.717, 1.165) is 11.3 Å². The molecule has 29 heavy (non-hydrogen) atoms. The number of allylic oxidation sites excluding steroid dienone is 2. The van der Waals surface area contributed by atoms with E-state index in [2.05, 4.69) is 41.5 Å². The Balaban J connectivity index is 1.57. The van der Waals surface area contributed by atoms with E-state index in [1.165, 1.54) is 0 Å². The van der Waals surface area contributed by atoms with E-state index in [9.17, 15) is 9.90 Å². The van der Waals surface area contributed by atoms with Crippen LogP contribution >= 0.6 is 0 Å². The molecule has 1 aromatic rings. The third-order valence-corrected chi connectivity index (χ3v) is 5.70. The van der Waals surface area contributed by atoms with Gasteiger partial charge in [0.05, 0.1) is 17.7 Å². The molecule has 1 aliphatic carbocycles. The molecule has 3 aliphatic rings. The molecule has 0 fully saturated rings. The number of phenols is 1. The topological polar surface area (TPSA) is 83.3 Å². The second-order valence-electron chi connectivity index (χ2n) is 8.32. The van der Waals surface area contributed by atoms with Gasteiger partial charge < -0.3 is 15.3 Å². The molecule has 2 N–H and O–H groups in total. The summed E-state index contributed by atoms with van der Waals surface area (Å²) in [5.74, 6) is 0.683. The van der Waals surface area contributed by atoms with E-state index in [0.29, 0.717) is 18.9 Å². The Morgan fingerprint density at radius 3 is 2.69 bits per heavy atom. The molecule has 5 atom stereocenters. The van der Waals surface area contributed by atoms with Crippen LogP contribution in [0, 0.1) is 23.7 Å². The summed E-state index contributed by atoms with van der Waals surface area (Å²) >= 11 is 0. The number of aliphatic imine (C=N–C) groups is 1. The average molecular weight is 393 g/mol. The molecule has 1 amide bonds. The van der Waals surface area contributed by atoms with E-state index in [-0.39, 0.29) is 41.6 Å². The molecule has 6 heteroatoms. The number of nitrogens with one attached hydrogen (secondary N) is 1. The van der Waals surface area contributed by atoms with E-state index in [1.54, 1.807) is 12.1 Å². The first kappa shape index (κ1) is 19.4. The molecule has 1 aromatic carbocycles. The predicted octanol–water partition coefficient (Wildman–Crippen LogP) is 3.09. The third kappa shape index (κ3) is 4.11. The number of aromatic hydroxyl groups is 1. The molecule has 2 aliphatic heterocycles. The van der Waals surface area contributed by atoms with Crippen LogP contribution in [0.5, 0.6) is 5.75 Å². The van der Waals surface area contributed by atoms with Gasteiger partial charge in [0, 0.05) is 36.6 Å². The molecule has 0 spiro atoms. The van der Waals surface area contributed by atoms with Gasteiger partial charge in [-0.2, -0.15) is 0 Å². The first-order valence-electron chi connectivity index (χ1n) is 10.2. The molecule has 0 saturated heterocycles. The Morgan fingerprint density at radius 1 is 1.17 bits per heavy atom. The van der Waals surface area contributed by atoms with Crippen molar-refractivity contribution in [3.05, 3.63) is 54.1 Å². The van der Waals surface area contributed by atoms with Gasteiger partial charge in [-0.05, 0) is 30.2 Å². The maximum atomic E-state index is 12.7. The monoisotopic (exact) mass is 393 g/mol. The summed E-state index contributed by atoms with van der Waals surface area (Å²) in [5.41, 5.74) is 1.61. The standard InChI is InChI=1S/C23H27N3O3/c1-14(2)12-25-21(28)11-18-22(15-7-9-16(27)10-8-15)26-29-23(18)19-13-24-20-6-4-3-5-17(19)20/h3-10,13-14,17-20,23,27H,11-12H2,1-2H3,(H,25,28). The minimum absolute atomic E-state index is 0.00348. The highest BCUT2D eigenvalue weighted by Gasteiger charge is 2.46. The van der Waals surface area contributed by atoms with Gasteiger partial charge in [-0.25, -0.2) is 0 Å². The normalized spacial score (nSPS) is 29.6. The van der Waals surface area contributed by atoms with Crippen molar-refractivity contribution in [2.75, 3.05) is 6.54 Å². The second kappa shape index (κ2) is 8.23. The molecule has 6 nitrogen and oxygen atoms in total. The van der Waals surface area contributed by atoms with Crippen LogP contribution in [0.25, 0.3) is 0 Å². The number of oxime groups is 1. The number of benzene rings is 1. The van der Waals surface area contributed by atoms with E-state index in [4.69, 9.17) is 4.84 Å². The van der Waals surface area contributed by atoms with Gasteiger partial charge in [-0.3, -0.25) is 9.79 Å². The summed E-state index contributed by atoms with van der Waals surface area (Å²) < 4.78 is 0. The molecule has 4 rings (SSSR count). The number of fused-ring (bicyclic) bond motifs is 1. The molecular formula is C23H27N3O3. The van der Waals surface area contributed by atoms with Crippen LogP contribution in [-0.4, -0.2) is 41.6 Å². The molecule has 0 bridgehead atoms. The Kier molecular flexibility index (Phi) is 5.51. The lowest BCUT2D eigenvalue weighted by Gasteiger charge is -2.28. The number of carbonyl (C=O) groups excluding carboxylic acids is 1. The zero-order chi connectivity index (χ0) is 20.4. The molecule has 2 heterocycles. The fourth-order valence-electron chi connectivity index (χ4n) is 4.17. The van der Waals surface area contributed by atoms with Crippen molar-refractivity contribution in [2.24, 2.45) is 33.8 Å². The van der Waals surface area contributed by atoms with Crippen molar-refractivity contribution >= 4 is 17.8 Å². The molecule has 0 saturated carbocycles. The second-order valence-corrected chi connectivity index (χ2v) is 8.32. The Bertz CT molecular complexity index is 870. The Hall–Kier alpha value is -2.89. The van der Waals surface area contributed by atoms with Crippen LogP contribution in [0.4, 0.5) is 0 Å². The van der Waals surface area contributed by atoms with Gasteiger partial charge in [0.25, 0.3) is 0 Å². The highest BCUT2D eigenvalue weighted by Crippen LogP contribution is 2.39. The quantitative estimate of drug-likeness (QED) is 0.779. The number of hydrogen-bond donors (Lipinski definition) is 2. The summed E-state index contributed by atoms with van der Waals surface area (Å²) in [4.78, 5) is 23.2. The van der Waals surface area contributed by atoms with E-state index < -0.39 is 0 Å². The summed E-state index contributed by atoms with van der Waals surface area (Å²) in [6.07, 6.45) is 10.4. The lowest BCUT2D eigenvalue weighted by Crippen LogP contribution is -2.39. The minimum atomic E-state index is -0.251. The van der Waals surface area contributed by atoms with Crippen molar-refractivity contribution < 1.29 is 14.7 Å². The van der Waals surface area contributed by atoms with Crippen LogP contribution in [0.15, 0.2) is 58.7 Å². The fraction of sp³-hybridized carbons (Fsp3) is 0.435. The third-order valence-electron chi connectivity index (χ3n) is 5.70. The van der Waals surface area contributed by atoms with E-state index >= 15 is 0 Å². The first-order valence-corrected chi connectivity index (χ1v) is 10.2. The summed E-state index contributed by atoms with van der Waals surface area (Å²) in [5, 5.41) is 17.0. The minimum Gasteiger partial charge on any atom is -0.508 e. The number of nitrogens with zero attached hydrogens (tertiary/aromatic N) is 2. The van der Waals surface area contributed by atoms with Crippen LogP contribution < -0.4 is 5.32 Å². The summed E-state index contributed by atoms with van der Waals surface area (Å²) in [6, 6.07) is 7.01. The summed E-state index contributed by atoms with van der Waals surface area (Å²) in [6.45, 7) is 4.79. The fourth-order valence-corrected chi connectivity index (χ4v) is 4.17. The maximum absolute atomic E-state index is 12.7. The molecule has 152 valence electrons. The number of amides is 1. The molecular weight excluding hydrogens is 366 g/mol. The number of hydrogen-bond acceptors (Lipinski definition) is 5. The Labute approximate surface area is 171 Å². The molecule has 0 aromatic heterocycles. The number of rotatable bonds is 6. The van der Waals surface area contributed by atoms with Crippen LogP contribution in [0.3, 0.4) is 0 Å². The summed E-state index contributed by atoms with van der Waals surface area (Å²) in [7, 11) is 0. The lowest BCUT2D eigenvalue weighted by molar-refractivity contribution is -0.122. The average Bonchev–Trinajstić information content (AvgIpc) is 3.31. The molecule has 5 unspecified atom stereocenters. The number of carbonyl (C=O) groups is 1. The smallest absolute Gasteiger partial charge is 0.220 e. The predicted molar refractivity (Wildman–Crippen MR) is 113 cm³/mol. The van der Waals surface area contributed by atoms with Crippen molar-refractivity contribution in [3.63, 3.8) is 0 Å². The van der Waals surface area contributed by atoms with Gasteiger partial charge in [-0.15, -0.1) is 0 Å². The number of phenolic OH excluding ortho intramolecular Hbond substituents is 1. The van der Waals surface area contributed by atoms with Crippen LogP contribution in [0.1, 0.15) is 25.8 Å². The zero-order valence-electron chi connectivity index (χ0n) is 16.7. The zero-order valence-corrected chi connectivity index (χ0v) is 16.7. The van der Waals surface area contributed by atoms with Crippen molar-refractivity contribution in [1.82, 2.24) is 5.32 Å². The van der Waals surface area contributed by atoms with Crippen molar-refractivity contribution in [1.29, 1.82) is 0 Å².